The Morgan fingerprint density at radius 1 is 1.53 bits per heavy atom. The number of hydrogen-bond acceptors (Lipinski definition) is 2. The van der Waals surface area contributed by atoms with Gasteiger partial charge in [0.15, 0.2) is 0 Å². The fourth-order valence-corrected chi connectivity index (χ4v) is 2.28. The van der Waals surface area contributed by atoms with E-state index in [-0.39, 0.29) is 24.4 Å². The third kappa shape index (κ3) is 3.92. The molecule has 0 bridgehead atoms. The first-order chi connectivity index (χ1) is 9.19. The fourth-order valence-electron chi connectivity index (χ4n) is 2.28. The quantitative estimate of drug-likeness (QED) is 0.865. The van der Waals surface area contributed by atoms with Crippen molar-refractivity contribution in [3.05, 3.63) is 35.6 Å². The van der Waals surface area contributed by atoms with Crippen molar-refractivity contribution in [1.29, 1.82) is 0 Å². The third-order valence-corrected chi connectivity index (χ3v) is 3.41. The van der Waals surface area contributed by atoms with Crippen LogP contribution in [0.3, 0.4) is 0 Å². The van der Waals surface area contributed by atoms with Crippen LogP contribution >= 0.6 is 0 Å². The first-order valence-corrected chi connectivity index (χ1v) is 6.57. The standard InChI is InChI=1S/C14H19FN2O2/c15-13-3-1-2-11(8-13)4-6-16-14(19)17-7-5-12(9-17)10-18/h1-3,8,12,18H,4-7,9-10H2,(H,16,19). The predicted octanol–water partition coefficient (Wildman–Crippen LogP) is 1.39. The van der Waals surface area contributed by atoms with Crippen LogP contribution in [-0.4, -0.2) is 42.3 Å². The van der Waals surface area contributed by atoms with Gasteiger partial charge in [-0.05, 0) is 30.5 Å². The monoisotopic (exact) mass is 266 g/mol. The van der Waals surface area contributed by atoms with Crippen molar-refractivity contribution >= 4 is 6.03 Å². The first kappa shape index (κ1) is 13.8. The second-order valence-corrected chi connectivity index (χ2v) is 4.90. The zero-order chi connectivity index (χ0) is 13.7. The number of rotatable bonds is 4. The number of likely N-dealkylation sites (tertiary alicyclic amines) is 1. The van der Waals surface area contributed by atoms with Gasteiger partial charge in [0.25, 0.3) is 0 Å². The normalized spacial score (nSPS) is 18.6. The third-order valence-electron chi connectivity index (χ3n) is 3.41. The molecule has 2 amide bonds. The van der Waals surface area contributed by atoms with Crippen LogP contribution in [0.2, 0.25) is 0 Å². The van der Waals surface area contributed by atoms with E-state index in [2.05, 4.69) is 5.32 Å². The number of nitrogens with zero attached hydrogens (tertiary/aromatic N) is 1. The SMILES string of the molecule is O=C(NCCc1cccc(F)c1)N1CCC(CO)C1. The molecule has 1 fully saturated rings. The lowest BCUT2D eigenvalue weighted by Gasteiger charge is -2.17. The van der Waals surface area contributed by atoms with Crippen molar-refractivity contribution in [2.24, 2.45) is 5.92 Å². The maximum Gasteiger partial charge on any atom is 0.317 e. The highest BCUT2D eigenvalue weighted by atomic mass is 19.1. The minimum atomic E-state index is -0.255. The molecule has 1 atom stereocenters. The second-order valence-electron chi connectivity index (χ2n) is 4.90. The molecule has 1 aliphatic rings. The van der Waals surface area contributed by atoms with Crippen LogP contribution in [0.15, 0.2) is 24.3 Å². The summed E-state index contributed by atoms with van der Waals surface area (Å²) in [4.78, 5) is 13.5. The smallest absolute Gasteiger partial charge is 0.317 e. The predicted molar refractivity (Wildman–Crippen MR) is 70.3 cm³/mol. The summed E-state index contributed by atoms with van der Waals surface area (Å²) in [6, 6.07) is 6.28. The van der Waals surface area contributed by atoms with Crippen LogP contribution in [0.1, 0.15) is 12.0 Å². The molecule has 19 heavy (non-hydrogen) atoms. The summed E-state index contributed by atoms with van der Waals surface area (Å²) in [5, 5.41) is 11.8. The summed E-state index contributed by atoms with van der Waals surface area (Å²) in [7, 11) is 0. The number of aliphatic hydroxyl groups is 1. The molecule has 1 aromatic rings. The Hall–Kier alpha value is -1.62. The largest absolute Gasteiger partial charge is 0.396 e. The lowest BCUT2D eigenvalue weighted by molar-refractivity contribution is 0.198. The minimum absolute atomic E-state index is 0.104. The number of nitrogens with one attached hydrogen (secondary N) is 1. The molecular weight excluding hydrogens is 247 g/mol. The van der Waals surface area contributed by atoms with Gasteiger partial charge in [0.05, 0.1) is 0 Å². The zero-order valence-corrected chi connectivity index (χ0v) is 10.8. The number of halogens is 1. The van der Waals surface area contributed by atoms with Crippen LogP contribution in [0.25, 0.3) is 0 Å². The van der Waals surface area contributed by atoms with Gasteiger partial charge in [-0.1, -0.05) is 12.1 Å². The Morgan fingerprint density at radius 3 is 3.05 bits per heavy atom. The van der Waals surface area contributed by atoms with Gasteiger partial charge in [-0.2, -0.15) is 0 Å². The van der Waals surface area contributed by atoms with Crippen molar-refractivity contribution in [2.45, 2.75) is 12.8 Å². The lowest BCUT2D eigenvalue weighted by atomic mass is 10.1. The van der Waals surface area contributed by atoms with E-state index in [0.717, 1.165) is 12.0 Å². The summed E-state index contributed by atoms with van der Waals surface area (Å²) < 4.78 is 13.0. The number of carbonyl (C=O) groups is 1. The fraction of sp³-hybridized carbons (Fsp3) is 0.500. The second kappa shape index (κ2) is 6.52. The van der Waals surface area contributed by atoms with Crippen molar-refractivity contribution < 1.29 is 14.3 Å². The Kier molecular flexibility index (Phi) is 4.74. The summed E-state index contributed by atoms with van der Waals surface area (Å²) in [5.41, 5.74) is 0.870. The molecule has 2 N–H and O–H groups in total. The molecular formula is C14H19FN2O2. The molecule has 1 saturated heterocycles. The summed E-state index contributed by atoms with van der Waals surface area (Å²) in [6.07, 6.45) is 1.47. The van der Waals surface area contributed by atoms with E-state index in [1.165, 1.54) is 12.1 Å². The average Bonchev–Trinajstić information content (AvgIpc) is 2.87. The highest BCUT2D eigenvalue weighted by molar-refractivity contribution is 5.74. The van der Waals surface area contributed by atoms with Gasteiger partial charge < -0.3 is 15.3 Å². The van der Waals surface area contributed by atoms with Crippen molar-refractivity contribution in [1.82, 2.24) is 10.2 Å². The van der Waals surface area contributed by atoms with E-state index < -0.39 is 0 Å². The Labute approximate surface area is 112 Å². The van der Waals surface area contributed by atoms with Crippen LogP contribution in [0.4, 0.5) is 9.18 Å². The molecule has 0 spiro atoms. The van der Waals surface area contributed by atoms with Gasteiger partial charge in [0.2, 0.25) is 0 Å². The van der Waals surface area contributed by atoms with Crippen LogP contribution < -0.4 is 5.32 Å². The van der Waals surface area contributed by atoms with Gasteiger partial charge in [0.1, 0.15) is 5.82 Å². The summed E-state index contributed by atoms with van der Waals surface area (Å²) in [5.74, 6) is -0.0527. The van der Waals surface area contributed by atoms with Gasteiger partial charge >= 0.3 is 6.03 Å². The number of amides is 2. The molecule has 2 rings (SSSR count). The van der Waals surface area contributed by atoms with E-state index in [4.69, 9.17) is 5.11 Å². The van der Waals surface area contributed by atoms with Gasteiger partial charge in [-0.3, -0.25) is 0 Å². The molecule has 0 radical (unpaired) electrons. The highest BCUT2D eigenvalue weighted by Gasteiger charge is 2.25. The number of benzene rings is 1. The molecule has 0 saturated carbocycles. The summed E-state index contributed by atoms with van der Waals surface area (Å²) >= 11 is 0. The van der Waals surface area contributed by atoms with E-state index in [1.807, 2.05) is 6.07 Å². The van der Waals surface area contributed by atoms with Crippen LogP contribution in [0, 0.1) is 11.7 Å². The maximum absolute atomic E-state index is 13.0. The molecule has 104 valence electrons. The molecule has 0 aromatic heterocycles. The lowest BCUT2D eigenvalue weighted by Crippen LogP contribution is -2.39. The van der Waals surface area contributed by atoms with Crippen LogP contribution in [0.5, 0.6) is 0 Å². The Morgan fingerprint density at radius 2 is 2.37 bits per heavy atom. The van der Waals surface area contributed by atoms with Crippen molar-refractivity contribution in [2.75, 3.05) is 26.2 Å². The molecule has 0 aliphatic carbocycles. The van der Waals surface area contributed by atoms with E-state index >= 15 is 0 Å². The highest BCUT2D eigenvalue weighted by Crippen LogP contribution is 2.15. The maximum atomic E-state index is 13.0. The average molecular weight is 266 g/mol. The minimum Gasteiger partial charge on any atom is -0.396 e. The number of carbonyl (C=O) groups excluding carboxylic acids is 1. The topological polar surface area (TPSA) is 52.6 Å². The molecule has 1 aromatic carbocycles. The van der Waals surface area contributed by atoms with Gasteiger partial charge in [0, 0.05) is 32.2 Å². The molecule has 4 nitrogen and oxygen atoms in total. The van der Waals surface area contributed by atoms with E-state index in [0.29, 0.717) is 26.1 Å². The number of aliphatic hydroxyl groups excluding tert-OH is 1. The van der Waals surface area contributed by atoms with Gasteiger partial charge in [-0.15, -0.1) is 0 Å². The molecule has 1 aliphatic heterocycles. The van der Waals surface area contributed by atoms with Crippen molar-refractivity contribution in [3.8, 4) is 0 Å². The summed E-state index contributed by atoms with van der Waals surface area (Å²) in [6.45, 7) is 1.93. The van der Waals surface area contributed by atoms with Gasteiger partial charge in [-0.25, -0.2) is 9.18 Å². The first-order valence-electron chi connectivity index (χ1n) is 6.57. The molecule has 5 heteroatoms. The Balaban J connectivity index is 1.72. The van der Waals surface area contributed by atoms with E-state index in [9.17, 15) is 9.18 Å². The molecule has 1 unspecified atom stereocenters. The molecule has 1 heterocycles. The zero-order valence-electron chi connectivity index (χ0n) is 10.8. The number of urea groups is 1. The van der Waals surface area contributed by atoms with E-state index in [1.54, 1.807) is 11.0 Å². The van der Waals surface area contributed by atoms with Crippen LogP contribution in [-0.2, 0) is 6.42 Å². The number of hydrogen-bond donors (Lipinski definition) is 2. The Bertz CT molecular complexity index is 439. The van der Waals surface area contributed by atoms with Crippen molar-refractivity contribution in [3.63, 3.8) is 0 Å².